The molecular formula is C19H19Cl2NO3. The number of ketones is 1. The van der Waals surface area contributed by atoms with Gasteiger partial charge in [0.1, 0.15) is 5.75 Å². The lowest BCUT2D eigenvalue weighted by Gasteiger charge is -2.17. The minimum absolute atomic E-state index is 0.0901. The molecule has 1 amide bonds. The van der Waals surface area contributed by atoms with Crippen LogP contribution in [-0.2, 0) is 4.79 Å². The fourth-order valence-electron chi connectivity index (χ4n) is 1.90. The Morgan fingerprint density at radius 2 is 1.56 bits per heavy atom. The van der Waals surface area contributed by atoms with Crippen molar-refractivity contribution in [1.29, 1.82) is 0 Å². The highest BCUT2D eigenvalue weighted by molar-refractivity contribution is 6.34. The van der Waals surface area contributed by atoms with Crippen molar-refractivity contribution in [3.05, 3.63) is 58.1 Å². The van der Waals surface area contributed by atoms with Crippen molar-refractivity contribution in [1.82, 2.24) is 0 Å². The summed E-state index contributed by atoms with van der Waals surface area (Å²) in [6.07, 6.45) is 0. The van der Waals surface area contributed by atoms with Crippen LogP contribution in [0.2, 0.25) is 10.0 Å². The van der Waals surface area contributed by atoms with E-state index in [1.807, 2.05) is 20.8 Å². The number of hydrogen-bond donors (Lipinski definition) is 1. The number of Topliss-reactive ketones (excluding diaryl/α,β-unsaturated/α-hetero) is 1. The van der Waals surface area contributed by atoms with Gasteiger partial charge in [-0.05, 0) is 42.5 Å². The van der Waals surface area contributed by atoms with Gasteiger partial charge in [-0.2, -0.15) is 0 Å². The molecule has 0 spiro atoms. The largest absolute Gasteiger partial charge is 0.485 e. The van der Waals surface area contributed by atoms with Crippen LogP contribution in [0.25, 0.3) is 0 Å². The van der Waals surface area contributed by atoms with Crippen LogP contribution >= 0.6 is 23.2 Å². The SMILES string of the molecule is CC(C)(C)C(=O)Nc1ccc(C(=O)COc2cc(Cl)cc(Cl)c2)cc1. The van der Waals surface area contributed by atoms with E-state index in [4.69, 9.17) is 27.9 Å². The van der Waals surface area contributed by atoms with E-state index in [2.05, 4.69) is 5.32 Å². The molecule has 0 fully saturated rings. The predicted molar refractivity (Wildman–Crippen MR) is 101 cm³/mol. The molecule has 2 aromatic rings. The molecule has 4 nitrogen and oxygen atoms in total. The van der Waals surface area contributed by atoms with E-state index in [1.54, 1.807) is 42.5 Å². The molecule has 0 saturated carbocycles. The lowest BCUT2D eigenvalue weighted by Crippen LogP contribution is -2.27. The molecule has 0 aliphatic heterocycles. The first kappa shape index (κ1) is 19.3. The maximum atomic E-state index is 12.2. The third-order valence-electron chi connectivity index (χ3n) is 3.35. The van der Waals surface area contributed by atoms with Gasteiger partial charge in [0.2, 0.25) is 5.91 Å². The van der Waals surface area contributed by atoms with E-state index in [-0.39, 0.29) is 18.3 Å². The van der Waals surface area contributed by atoms with E-state index in [9.17, 15) is 9.59 Å². The molecule has 0 atom stereocenters. The Kier molecular flexibility index (Phi) is 6.09. The Morgan fingerprint density at radius 3 is 2.08 bits per heavy atom. The smallest absolute Gasteiger partial charge is 0.229 e. The molecule has 2 aromatic carbocycles. The molecule has 0 aliphatic carbocycles. The van der Waals surface area contributed by atoms with Crippen molar-refractivity contribution in [3.8, 4) is 5.75 Å². The number of ether oxygens (including phenoxy) is 1. The summed E-state index contributed by atoms with van der Waals surface area (Å²) in [5.74, 6) is 0.150. The zero-order valence-corrected chi connectivity index (χ0v) is 15.7. The minimum Gasteiger partial charge on any atom is -0.485 e. The van der Waals surface area contributed by atoms with Crippen LogP contribution in [0.5, 0.6) is 5.75 Å². The number of benzene rings is 2. The van der Waals surface area contributed by atoms with Crippen molar-refractivity contribution in [3.63, 3.8) is 0 Å². The van der Waals surface area contributed by atoms with Crippen LogP contribution in [0, 0.1) is 5.41 Å². The molecular weight excluding hydrogens is 361 g/mol. The number of nitrogens with one attached hydrogen (secondary N) is 1. The Morgan fingerprint density at radius 1 is 1.00 bits per heavy atom. The summed E-state index contributed by atoms with van der Waals surface area (Å²) in [6, 6.07) is 11.4. The van der Waals surface area contributed by atoms with Gasteiger partial charge in [0.15, 0.2) is 12.4 Å². The third kappa shape index (κ3) is 5.76. The summed E-state index contributed by atoms with van der Waals surface area (Å²) >= 11 is 11.8. The van der Waals surface area contributed by atoms with Crippen molar-refractivity contribution >= 4 is 40.6 Å². The summed E-state index contributed by atoms with van der Waals surface area (Å²) in [4.78, 5) is 24.1. The number of anilines is 1. The first-order chi connectivity index (χ1) is 11.6. The molecule has 1 N–H and O–H groups in total. The van der Waals surface area contributed by atoms with Gasteiger partial charge in [0.25, 0.3) is 0 Å². The molecule has 6 heteroatoms. The van der Waals surface area contributed by atoms with Crippen LogP contribution in [0.15, 0.2) is 42.5 Å². The summed E-state index contributed by atoms with van der Waals surface area (Å²) in [5, 5.41) is 3.69. The van der Waals surface area contributed by atoms with Crippen molar-refractivity contribution in [2.24, 2.45) is 5.41 Å². The van der Waals surface area contributed by atoms with E-state index >= 15 is 0 Å². The number of hydrogen-bond acceptors (Lipinski definition) is 3. The van der Waals surface area contributed by atoms with Gasteiger partial charge >= 0.3 is 0 Å². The molecule has 132 valence electrons. The maximum Gasteiger partial charge on any atom is 0.229 e. The topological polar surface area (TPSA) is 55.4 Å². The van der Waals surface area contributed by atoms with Crippen molar-refractivity contribution in [2.45, 2.75) is 20.8 Å². The lowest BCUT2D eigenvalue weighted by molar-refractivity contribution is -0.123. The first-order valence-electron chi connectivity index (χ1n) is 7.69. The molecule has 0 aliphatic rings. The Hall–Kier alpha value is -2.04. The molecule has 0 unspecified atom stereocenters. The van der Waals surface area contributed by atoms with Gasteiger partial charge in [-0.15, -0.1) is 0 Å². The van der Waals surface area contributed by atoms with Crippen LogP contribution in [0.1, 0.15) is 31.1 Å². The monoisotopic (exact) mass is 379 g/mol. The van der Waals surface area contributed by atoms with Gasteiger partial charge in [0, 0.05) is 26.7 Å². The Balaban J connectivity index is 1.97. The molecule has 0 saturated heterocycles. The number of rotatable bonds is 5. The van der Waals surface area contributed by atoms with Crippen molar-refractivity contribution in [2.75, 3.05) is 11.9 Å². The quantitative estimate of drug-likeness (QED) is 0.722. The van der Waals surface area contributed by atoms with Crippen molar-refractivity contribution < 1.29 is 14.3 Å². The maximum absolute atomic E-state index is 12.2. The third-order valence-corrected chi connectivity index (χ3v) is 3.79. The standard InChI is InChI=1S/C19H19Cl2NO3/c1-19(2,3)18(24)22-15-6-4-12(5-7-15)17(23)11-25-16-9-13(20)8-14(21)10-16/h4-10H,11H2,1-3H3,(H,22,24). The number of carbonyl (C=O) groups excluding carboxylic acids is 2. The van der Waals surface area contributed by atoms with E-state index in [1.165, 1.54) is 0 Å². The van der Waals surface area contributed by atoms with Crippen LogP contribution in [0.3, 0.4) is 0 Å². The van der Waals surface area contributed by atoms with Gasteiger partial charge in [-0.3, -0.25) is 9.59 Å². The normalized spacial score (nSPS) is 11.1. The molecule has 0 heterocycles. The minimum atomic E-state index is -0.486. The molecule has 0 bridgehead atoms. The average molecular weight is 380 g/mol. The first-order valence-corrected chi connectivity index (χ1v) is 8.44. The molecule has 0 radical (unpaired) electrons. The van der Waals surface area contributed by atoms with Crippen LogP contribution in [-0.4, -0.2) is 18.3 Å². The van der Waals surface area contributed by atoms with E-state index < -0.39 is 5.41 Å². The van der Waals surface area contributed by atoms with Gasteiger partial charge in [0.05, 0.1) is 0 Å². The summed E-state index contributed by atoms with van der Waals surface area (Å²) < 4.78 is 5.44. The Bertz CT molecular complexity index is 760. The lowest BCUT2D eigenvalue weighted by atomic mass is 9.95. The Labute approximate surface area is 157 Å². The second kappa shape index (κ2) is 7.89. The zero-order chi connectivity index (χ0) is 18.6. The highest BCUT2D eigenvalue weighted by atomic mass is 35.5. The fraction of sp³-hybridized carbons (Fsp3) is 0.263. The predicted octanol–water partition coefficient (Wildman–Crippen LogP) is 5.24. The fourth-order valence-corrected chi connectivity index (χ4v) is 2.41. The van der Waals surface area contributed by atoms with Gasteiger partial charge < -0.3 is 10.1 Å². The summed E-state index contributed by atoms with van der Waals surface area (Å²) in [6.45, 7) is 5.36. The summed E-state index contributed by atoms with van der Waals surface area (Å²) in [7, 11) is 0. The second-order valence-corrected chi connectivity index (χ2v) is 7.47. The average Bonchev–Trinajstić information content (AvgIpc) is 2.51. The van der Waals surface area contributed by atoms with Crippen LogP contribution < -0.4 is 10.1 Å². The number of halogens is 2. The van der Waals surface area contributed by atoms with E-state index in [0.29, 0.717) is 27.0 Å². The molecule has 25 heavy (non-hydrogen) atoms. The molecule has 2 rings (SSSR count). The molecule has 0 aromatic heterocycles. The van der Waals surface area contributed by atoms with E-state index in [0.717, 1.165) is 0 Å². The van der Waals surface area contributed by atoms with Crippen LogP contribution in [0.4, 0.5) is 5.69 Å². The van der Waals surface area contributed by atoms with Gasteiger partial charge in [-0.25, -0.2) is 0 Å². The zero-order valence-electron chi connectivity index (χ0n) is 14.2. The summed E-state index contributed by atoms with van der Waals surface area (Å²) in [5.41, 5.74) is 0.640. The highest BCUT2D eigenvalue weighted by Crippen LogP contribution is 2.24. The highest BCUT2D eigenvalue weighted by Gasteiger charge is 2.21. The van der Waals surface area contributed by atoms with Gasteiger partial charge in [-0.1, -0.05) is 44.0 Å². The number of carbonyl (C=O) groups is 2. The number of amides is 1. The second-order valence-electron chi connectivity index (χ2n) is 6.60.